The third-order valence-corrected chi connectivity index (χ3v) is 4.01. The molecular weight excluding hydrogens is 436 g/mol. The fourth-order valence-electron chi connectivity index (χ4n) is 1.61. The van der Waals surface area contributed by atoms with Crippen LogP contribution in [0.5, 0.6) is 0 Å². The smallest absolute Gasteiger partial charge is 0.305 e. The van der Waals surface area contributed by atoms with Crippen molar-refractivity contribution in [1.29, 1.82) is 0 Å². The zero-order valence-corrected chi connectivity index (χ0v) is 17.0. The molecule has 0 saturated carbocycles. The van der Waals surface area contributed by atoms with E-state index in [9.17, 15) is 9.90 Å². The molecular formula is C19H22Br2O3. The van der Waals surface area contributed by atoms with E-state index < -0.39 is 6.10 Å². The normalized spacial score (nSPS) is 12.0. The summed E-state index contributed by atoms with van der Waals surface area (Å²) in [5.41, 5.74) is 0. The highest BCUT2D eigenvalue weighted by Gasteiger charge is 2.12. The summed E-state index contributed by atoms with van der Waals surface area (Å²) in [7, 11) is 1.38. The Bertz CT molecular complexity index is 565. The van der Waals surface area contributed by atoms with Gasteiger partial charge in [0.2, 0.25) is 0 Å². The number of alkyl halides is 1. The van der Waals surface area contributed by atoms with Crippen molar-refractivity contribution >= 4 is 37.8 Å². The number of rotatable bonds is 8. The second kappa shape index (κ2) is 16.7. The Morgan fingerprint density at radius 3 is 2.50 bits per heavy atom. The number of methoxy groups -OCH3 is 1. The van der Waals surface area contributed by atoms with Crippen molar-refractivity contribution in [1.82, 2.24) is 0 Å². The number of hydrogen-bond acceptors (Lipinski definition) is 3. The standard InChI is InChI=1S/C19H22Br2O3/c1-24-19(23)15-10-8-6-4-2-3-5-7-9-14-18(22)17(21)13-11-12-16-20/h12,16-18,22H,5,7-10,14-15H2,1H3/b16-12+/t17-,18-/m1/s1. The minimum atomic E-state index is -0.483. The molecule has 0 aliphatic carbocycles. The predicted molar refractivity (Wildman–Crippen MR) is 104 cm³/mol. The molecule has 0 radical (unpaired) electrons. The molecule has 0 rings (SSSR count). The van der Waals surface area contributed by atoms with Crippen LogP contribution in [0.4, 0.5) is 0 Å². The van der Waals surface area contributed by atoms with E-state index in [4.69, 9.17) is 0 Å². The first-order valence-corrected chi connectivity index (χ1v) is 9.56. The minimum absolute atomic E-state index is 0.207. The van der Waals surface area contributed by atoms with Crippen molar-refractivity contribution in [2.45, 2.75) is 55.9 Å². The van der Waals surface area contributed by atoms with Crippen molar-refractivity contribution in [3.05, 3.63) is 11.1 Å². The Balaban J connectivity index is 3.74. The molecule has 0 saturated heterocycles. The largest absolute Gasteiger partial charge is 0.469 e. The van der Waals surface area contributed by atoms with E-state index in [0.29, 0.717) is 25.7 Å². The Kier molecular flexibility index (Phi) is 15.8. The number of halogens is 2. The molecule has 0 unspecified atom stereocenters. The van der Waals surface area contributed by atoms with E-state index in [1.807, 2.05) is 0 Å². The van der Waals surface area contributed by atoms with Crippen LogP contribution in [0.2, 0.25) is 0 Å². The molecule has 5 heteroatoms. The first kappa shape index (κ1) is 22.8. The summed E-state index contributed by atoms with van der Waals surface area (Å²) in [5.74, 6) is 17.0. The van der Waals surface area contributed by atoms with Gasteiger partial charge in [0.25, 0.3) is 0 Å². The Morgan fingerprint density at radius 2 is 1.88 bits per heavy atom. The van der Waals surface area contributed by atoms with Crippen molar-refractivity contribution in [3.63, 3.8) is 0 Å². The molecule has 0 aromatic heterocycles. The van der Waals surface area contributed by atoms with E-state index in [1.54, 1.807) is 11.1 Å². The second-order valence-electron chi connectivity index (χ2n) is 4.83. The van der Waals surface area contributed by atoms with E-state index in [0.717, 1.165) is 19.3 Å². The van der Waals surface area contributed by atoms with Crippen LogP contribution in [-0.2, 0) is 9.53 Å². The molecule has 3 nitrogen and oxygen atoms in total. The van der Waals surface area contributed by atoms with E-state index in [1.165, 1.54) is 7.11 Å². The van der Waals surface area contributed by atoms with Crippen LogP contribution < -0.4 is 0 Å². The lowest BCUT2D eigenvalue weighted by molar-refractivity contribution is -0.140. The maximum absolute atomic E-state index is 10.9. The Labute approximate surface area is 161 Å². The molecule has 1 N–H and O–H groups in total. The quantitative estimate of drug-likeness (QED) is 0.260. The summed E-state index contributed by atoms with van der Waals surface area (Å²) >= 11 is 6.50. The van der Waals surface area contributed by atoms with Gasteiger partial charge < -0.3 is 9.84 Å². The van der Waals surface area contributed by atoms with Gasteiger partial charge in [-0.3, -0.25) is 4.79 Å². The molecule has 130 valence electrons. The summed E-state index contributed by atoms with van der Waals surface area (Å²) < 4.78 is 4.54. The minimum Gasteiger partial charge on any atom is -0.469 e. The van der Waals surface area contributed by atoms with Gasteiger partial charge in [-0.25, -0.2) is 0 Å². The summed E-state index contributed by atoms with van der Waals surface area (Å²) in [5, 5.41) is 9.92. The number of unbranched alkanes of at least 4 members (excludes halogenated alkanes) is 3. The van der Waals surface area contributed by atoms with Gasteiger partial charge in [-0.1, -0.05) is 55.5 Å². The predicted octanol–water partition coefficient (Wildman–Crippen LogP) is 3.93. The van der Waals surface area contributed by atoms with Crippen molar-refractivity contribution in [2.24, 2.45) is 0 Å². The van der Waals surface area contributed by atoms with Gasteiger partial charge in [0, 0.05) is 19.3 Å². The SMILES string of the molecule is COC(=O)CCCC#CC#CCCCC[C@@H](O)[C@H](Br)C#C/C=C/Br. The average Bonchev–Trinajstić information content (AvgIpc) is 2.59. The number of hydrogen-bond donors (Lipinski definition) is 1. The van der Waals surface area contributed by atoms with Crippen LogP contribution >= 0.6 is 31.9 Å². The highest BCUT2D eigenvalue weighted by atomic mass is 79.9. The zero-order chi connectivity index (χ0) is 18.0. The Hall–Kier alpha value is -1.19. The number of carbonyl (C=O) groups excluding carboxylic acids is 1. The molecule has 0 heterocycles. The summed E-state index contributed by atoms with van der Waals surface area (Å²) in [6.07, 6.45) is 6.18. The number of aliphatic hydroxyl groups excluding tert-OH is 1. The number of ether oxygens (including phenoxy) is 1. The lowest BCUT2D eigenvalue weighted by atomic mass is 10.1. The first-order chi connectivity index (χ1) is 11.6. The molecule has 0 aliphatic heterocycles. The average molecular weight is 458 g/mol. The first-order valence-electron chi connectivity index (χ1n) is 7.72. The van der Waals surface area contributed by atoms with Gasteiger partial charge in [-0.05, 0) is 48.6 Å². The molecule has 0 aromatic rings. The van der Waals surface area contributed by atoms with E-state index in [2.05, 4.69) is 72.1 Å². The third kappa shape index (κ3) is 14.4. The lowest BCUT2D eigenvalue weighted by Crippen LogP contribution is -2.18. The van der Waals surface area contributed by atoms with Gasteiger partial charge >= 0.3 is 5.97 Å². The third-order valence-electron chi connectivity index (χ3n) is 2.91. The number of allylic oxidation sites excluding steroid dienone is 1. The molecule has 24 heavy (non-hydrogen) atoms. The second-order valence-corrected chi connectivity index (χ2v) is 6.34. The van der Waals surface area contributed by atoms with Crippen LogP contribution in [0.3, 0.4) is 0 Å². The molecule has 0 bridgehead atoms. The maximum atomic E-state index is 10.9. The van der Waals surface area contributed by atoms with Crippen molar-refractivity contribution < 1.29 is 14.6 Å². The fourth-order valence-corrected chi connectivity index (χ4v) is 2.13. The number of esters is 1. The van der Waals surface area contributed by atoms with Crippen LogP contribution in [0.15, 0.2) is 11.1 Å². The van der Waals surface area contributed by atoms with E-state index >= 15 is 0 Å². The zero-order valence-electron chi connectivity index (χ0n) is 13.8. The van der Waals surface area contributed by atoms with Crippen LogP contribution in [0.1, 0.15) is 44.9 Å². The van der Waals surface area contributed by atoms with Gasteiger partial charge in [0.1, 0.15) is 4.83 Å². The lowest BCUT2D eigenvalue weighted by Gasteiger charge is -2.11. The van der Waals surface area contributed by atoms with Gasteiger partial charge in [-0.15, -0.1) is 0 Å². The molecule has 0 fully saturated rings. The van der Waals surface area contributed by atoms with Gasteiger partial charge in [0.15, 0.2) is 0 Å². The fraction of sp³-hybridized carbons (Fsp3) is 0.526. The van der Waals surface area contributed by atoms with Crippen LogP contribution in [0.25, 0.3) is 0 Å². The summed E-state index contributed by atoms with van der Waals surface area (Å²) in [4.78, 5) is 12.3. The molecule has 0 spiro atoms. The summed E-state index contributed by atoms with van der Waals surface area (Å²) in [6.45, 7) is 0. The topological polar surface area (TPSA) is 46.5 Å². The maximum Gasteiger partial charge on any atom is 0.305 e. The Morgan fingerprint density at radius 1 is 1.21 bits per heavy atom. The van der Waals surface area contributed by atoms with Crippen molar-refractivity contribution in [3.8, 4) is 35.5 Å². The highest BCUT2D eigenvalue weighted by Crippen LogP contribution is 2.12. The summed E-state index contributed by atoms with van der Waals surface area (Å²) in [6, 6.07) is 0. The molecule has 0 aromatic carbocycles. The van der Waals surface area contributed by atoms with Crippen LogP contribution in [0, 0.1) is 35.5 Å². The number of carbonyl (C=O) groups is 1. The van der Waals surface area contributed by atoms with Gasteiger partial charge in [0.05, 0.1) is 13.2 Å². The van der Waals surface area contributed by atoms with Crippen LogP contribution in [-0.4, -0.2) is 29.1 Å². The number of aliphatic hydroxyl groups is 1. The molecule has 0 amide bonds. The van der Waals surface area contributed by atoms with E-state index in [-0.39, 0.29) is 10.8 Å². The monoisotopic (exact) mass is 456 g/mol. The molecule has 2 atom stereocenters. The van der Waals surface area contributed by atoms with Crippen molar-refractivity contribution in [2.75, 3.05) is 7.11 Å². The van der Waals surface area contributed by atoms with Gasteiger partial charge in [-0.2, -0.15) is 0 Å². The molecule has 0 aliphatic rings. The highest BCUT2D eigenvalue weighted by molar-refractivity contribution is 9.11.